The van der Waals surface area contributed by atoms with Gasteiger partial charge >= 0.3 is 0 Å². The molecule has 1 atom stereocenters. The minimum absolute atomic E-state index is 0.0231. The van der Waals surface area contributed by atoms with Crippen molar-refractivity contribution in [1.29, 1.82) is 0 Å². The Bertz CT molecular complexity index is 902. The van der Waals surface area contributed by atoms with E-state index >= 15 is 0 Å². The number of para-hydroxylation sites is 1. The lowest BCUT2D eigenvalue weighted by molar-refractivity contribution is -0.124. The molecule has 25 heavy (non-hydrogen) atoms. The Morgan fingerprint density at radius 1 is 1.12 bits per heavy atom. The Morgan fingerprint density at radius 2 is 1.88 bits per heavy atom. The summed E-state index contributed by atoms with van der Waals surface area (Å²) in [6, 6.07) is 13.6. The van der Waals surface area contributed by atoms with Crippen LogP contribution in [-0.2, 0) is 4.79 Å². The molecule has 0 aliphatic carbocycles. The highest BCUT2D eigenvalue weighted by Crippen LogP contribution is 2.35. The van der Waals surface area contributed by atoms with Crippen LogP contribution in [0, 0.1) is 5.92 Å². The first-order chi connectivity index (χ1) is 12.0. The van der Waals surface area contributed by atoms with Crippen molar-refractivity contribution >= 4 is 40.0 Å². The van der Waals surface area contributed by atoms with Crippen molar-refractivity contribution in [2.45, 2.75) is 19.8 Å². The average molecular weight is 375 g/mol. The van der Waals surface area contributed by atoms with Crippen LogP contribution in [0.4, 0.5) is 0 Å². The van der Waals surface area contributed by atoms with Crippen molar-refractivity contribution in [2.24, 2.45) is 5.92 Å². The van der Waals surface area contributed by atoms with Crippen LogP contribution in [0.15, 0.2) is 48.7 Å². The lowest BCUT2D eigenvalue weighted by Gasteiger charge is -2.20. The summed E-state index contributed by atoms with van der Waals surface area (Å²) in [5.41, 5.74) is 3.10. The highest BCUT2D eigenvalue weighted by Gasteiger charge is 2.22. The Labute approximate surface area is 157 Å². The van der Waals surface area contributed by atoms with E-state index < -0.39 is 0 Å². The number of hydrogen-bond acceptors (Lipinski definition) is 1. The van der Waals surface area contributed by atoms with Crippen molar-refractivity contribution < 1.29 is 4.79 Å². The maximum atomic E-state index is 12.1. The number of aromatic nitrogens is 1. The van der Waals surface area contributed by atoms with E-state index in [2.05, 4.69) is 16.4 Å². The van der Waals surface area contributed by atoms with Crippen LogP contribution in [-0.4, -0.2) is 17.4 Å². The van der Waals surface area contributed by atoms with E-state index in [4.69, 9.17) is 23.2 Å². The molecule has 0 radical (unpaired) electrons. The first-order valence-corrected chi connectivity index (χ1v) is 9.01. The Morgan fingerprint density at radius 3 is 2.60 bits per heavy atom. The monoisotopic (exact) mass is 374 g/mol. The molecule has 0 fully saturated rings. The van der Waals surface area contributed by atoms with Crippen LogP contribution in [0.5, 0.6) is 0 Å². The van der Waals surface area contributed by atoms with E-state index in [1.54, 1.807) is 6.07 Å². The predicted molar refractivity (Wildman–Crippen MR) is 104 cm³/mol. The summed E-state index contributed by atoms with van der Waals surface area (Å²) in [6.45, 7) is 4.23. The molecule has 1 unspecified atom stereocenters. The second kappa shape index (κ2) is 7.51. The maximum Gasteiger partial charge on any atom is 0.222 e. The van der Waals surface area contributed by atoms with Gasteiger partial charge in [-0.2, -0.15) is 0 Å². The summed E-state index contributed by atoms with van der Waals surface area (Å²) in [7, 11) is 0. The molecular formula is C20H20Cl2N2O. The quantitative estimate of drug-likeness (QED) is 0.618. The molecule has 0 saturated carbocycles. The first-order valence-electron chi connectivity index (χ1n) is 8.26. The second-order valence-electron chi connectivity index (χ2n) is 6.41. The molecule has 3 rings (SSSR count). The molecule has 0 aliphatic heterocycles. The van der Waals surface area contributed by atoms with Crippen LogP contribution in [0.3, 0.4) is 0 Å². The van der Waals surface area contributed by atoms with Crippen LogP contribution < -0.4 is 5.32 Å². The number of benzene rings is 2. The minimum Gasteiger partial charge on any atom is -0.361 e. The van der Waals surface area contributed by atoms with Crippen molar-refractivity contribution in [3.05, 3.63) is 69.8 Å². The van der Waals surface area contributed by atoms with E-state index in [0.717, 1.165) is 22.0 Å². The number of carbonyl (C=O) groups excluding carboxylic acids is 1. The molecule has 0 saturated heterocycles. The molecule has 1 heterocycles. The fourth-order valence-electron chi connectivity index (χ4n) is 2.96. The standard InChI is InChI=1S/C20H20Cl2N2O/c1-12(2)20(25)24-11-16(14-8-7-13(21)9-18(14)22)17-10-23-19-6-4-3-5-15(17)19/h3-10,12,16,23H,11H2,1-2H3,(H,24,25). The SMILES string of the molecule is CC(C)C(=O)NCC(c1ccc(Cl)cc1Cl)c1c[nH]c2ccccc12. The van der Waals surface area contributed by atoms with Crippen LogP contribution in [0.25, 0.3) is 10.9 Å². The molecule has 3 nitrogen and oxygen atoms in total. The van der Waals surface area contributed by atoms with Gasteiger partial charge in [0.05, 0.1) is 0 Å². The zero-order valence-corrected chi connectivity index (χ0v) is 15.7. The number of carbonyl (C=O) groups is 1. The number of amides is 1. The topological polar surface area (TPSA) is 44.9 Å². The number of nitrogens with one attached hydrogen (secondary N) is 2. The van der Waals surface area contributed by atoms with Gasteiger partial charge in [-0.25, -0.2) is 0 Å². The summed E-state index contributed by atoms with van der Waals surface area (Å²) in [5, 5.41) is 5.35. The number of fused-ring (bicyclic) bond motifs is 1. The number of rotatable bonds is 5. The third-order valence-corrected chi connectivity index (χ3v) is 4.90. The number of halogens is 2. The highest BCUT2D eigenvalue weighted by atomic mass is 35.5. The molecule has 1 amide bonds. The summed E-state index contributed by atoms with van der Waals surface area (Å²) in [5.74, 6) is -0.108. The predicted octanol–water partition coefficient (Wildman–Crippen LogP) is 5.38. The fraction of sp³-hybridized carbons (Fsp3) is 0.250. The zero-order chi connectivity index (χ0) is 18.0. The number of aromatic amines is 1. The lowest BCUT2D eigenvalue weighted by atomic mass is 9.90. The summed E-state index contributed by atoms with van der Waals surface area (Å²) in [4.78, 5) is 15.4. The van der Waals surface area contributed by atoms with E-state index in [0.29, 0.717) is 16.6 Å². The van der Waals surface area contributed by atoms with Gasteiger partial charge < -0.3 is 10.3 Å². The first kappa shape index (κ1) is 17.8. The van der Waals surface area contributed by atoms with Crippen LogP contribution in [0.1, 0.15) is 30.9 Å². The minimum atomic E-state index is -0.0661. The Hall–Kier alpha value is -1.97. The van der Waals surface area contributed by atoms with Gasteiger partial charge in [0.1, 0.15) is 0 Å². The molecule has 5 heteroatoms. The van der Waals surface area contributed by atoms with Gasteiger partial charge in [0.25, 0.3) is 0 Å². The molecule has 1 aromatic heterocycles. The van der Waals surface area contributed by atoms with Gasteiger partial charge in [0.2, 0.25) is 5.91 Å². The smallest absolute Gasteiger partial charge is 0.222 e. The van der Waals surface area contributed by atoms with E-state index in [-0.39, 0.29) is 17.7 Å². The highest BCUT2D eigenvalue weighted by molar-refractivity contribution is 6.35. The maximum absolute atomic E-state index is 12.1. The molecule has 0 bridgehead atoms. The lowest BCUT2D eigenvalue weighted by Crippen LogP contribution is -2.32. The number of H-pyrrole nitrogens is 1. The number of hydrogen-bond donors (Lipinski definition) is 2. The molecule has 0 aliphatic rings. The summed E-state index contributed by atoms with van der Waals surface area (Å²) in [6.07, 6.45) is 1.99. The molecule has 0 spiro atoms. The van der Waals surface area contributed by atoms with Gasteiger partial charge in [-0.1, -0.05) is 61.3 Å². The van der Waals surface area contributed by atoms with Crippen molar-refractivity contribution in [3.8, 4) is 0 Å². The van der Waals surface area contributed by atoms with Crippen molar-refractivity contribution in [3.63, 3.8) is 0 Å². The van der Waals surface area contributed by atoms with Gasteiger partial charge in [-0.05, 0) is 29.3 Å². The van der Waals surface area contributed by atoms with E-state index in [9.17, 15) is 4.79 Å². The van der Waals surface area contributed by atoms with Gasteiger partial charge in [0.15, 0.2) is 0 Å². The second-order valence-corrected chi connectivity index (χ2v) is 7.25. The molecule has 130 valence electrons. The summed E-state index contributed by atoms with van der Waals surface area (Å²) >= 11 is 12.5. The molecule has 3 aromatic rings. The normalized spacial score (nSPS) is 12.5. The van der Waals surface area contributed by atoms with Crippen LogP contribution >= 0.6 is 23.2 Å². The largest absolute Gasteiger partial charge is 0.361 e. The van der Waals surface area contributed by atoms with Gasteiger partial charge in [-0.3, -0.25) is 4.79 Å². The van der Waals surface area contributed by atoms with E-state index in [1.807, 2.05) is 50.4 Å². The van der Waals surface area contributed by atoms with Gasteiger partial charge in [-0.15, -0.1) is 0 Å². The molecule has 2 aromatic carbocycles. The molecule has 2 N–H and O–H groups in total. The zero-order valence-electron chi connectivity index (χ0n) is 14.1. The van der Waals surface area contributed by atoms with Crippen molar-refractivity contribution in [1.82, 2.24) is 10.3 Å². The third-order valence-electron chi connectivity index (χ3n) is 4.34. The fourth-order valence-corrected chi connectivity index (χ4v) is 3.50. The third kappa shape index (κ3) is 3.83. The summed E-state index contributed by atoms with van der Waals surface area (Å²) < 4.78 is 0. The Balaban J connectivity index is 2.03. The average Bonchev–Trinajstić information content (AvgIpc) is 3.00. The van der Waals surface area contributed by atoms with Crippen molar-refractivity contribution in [2.75, 3.05) is 6.54 Å². The molecular weight excluding hydrogens is 355 g/mol. The van der Waals surface area contributed by atoms with Gasteiger partial charge in [0, 0.05) is 45.5 Å². The Kier molecular flexibility index (Phi) is 5.36. The van der Waals surface area contributed by atoms with E-state index in [1.165, 1.54) is 0 Å². The van der Waals surface area contributed by atoms with Crippen LogP contribution in [0.2, 0.25) is 10.0 Å².